The molecule has 2 aromatic heterocycles. The van der Waals surface area contributed by atoms with Crippen LogP contribution in [0.3, 0.4) is 0 Å². The molecule has 0 fully saturated rings. The van der Waals surface area contributed by atoms with Gasteiger partial charge in [-0.3, -0.25) is 5.10 Å². The summed E-state index contributed by atoms with van der Waals surface area (Å²) in [7, 11) is 0. The molecular weight excluding hydrogens is 230 g/mol. The van der Waals surface area contributed by atoms with Crippen molar-refractivity contribution in [1.82, 2.24) is 20.2 Å². The van der Waals surface area contributed by atoms with Crippen LogP contribution in [0.25, 0.3) is 11.0 Å². The van der Waals surface area contributed by atoms with Crippen molar-refractivity contribution in [3.8, 4) is 6.01 Å². The SMILES string of the molecule is Nc1nc(OCc2ccccc2)nc2[nH]ncc12. The number of hydrogen-bond donors (Lipinski definition) is 2. The molecule has 0 amide bonds. The van der Waals surface area contributed by atoms with Crippen LogP contribution in [-0.2, 0) is 6.61 Å². The fourth-order valence-corrected chi connectivity index (χ4v) is 1.62. The van der Waals surface area contributed by atoms with Crippen LogP contribution in [0.1, 0.15) is 5.56 Å². The van der Waals surface area contributed by atoms with Crippen LogP contribution in [0.2, 0.25) is 0 Å². The summed E-state index contributed by atoms with van der Waals surface area (Å²) in [6, 6.07) is 10.0. The molecule has 0 unspecified atom stereocenters. The van der Waals surface area contributed by atoms with Crippen LogP contribution in [0.4, 0.5) is 5.82 Å². The first kappa shape index (κ1) is 10.5. The molecule has 0 saturated heterocycles. The summed E-state index contributed by atoms with van der Waals surface area (Å²) in [5.74, 6) is 0.358. The van der Waals surface area contributed by atoms with Gasteiger partial charge in [-0.2, -0.15) is 15.1 Å². The number of ether oxygens (including phenoxy) is 1. The van der Waals surface area contributed by atoms with Gasteiger partial charge in [-0.05, 0) is 5.56 Å². The second kappa shape index (κ2) is 4.33. The number of H-pyrrole nitrogens is 1. The van der Waals surface area contributed by atoms with Gasteiger partial charge in [-0.15, -0.1) is 0 Å². The van der Waals surface area contributed by atoms with E-state index in [4.69, 9.17) is 10.5 Å². The lowest BCUT2D eigenvalue weighted by molar-refractivity contribution is 0.282. The van der Waals surface area contributed by atoms with Gasteiger partial charge in [-0.1, -0.05) is 30.3 Å². The molecule has 3 aromatic rings. The zero-order valence-electron chi connectivity index (χ0n) is 9.50. The molecule has 0 bridgehead atoms. The first-order valence-electron chi connectivity index (χ1n) is 5.46. The molecule has 0 spiro atoms. The predicted molar refractivity (Wildman–Crippen MR) is 66.9 cm³/mol. The van der Waals surface area contributed by atoms with E-state index >= 15 is 0 Å². The quantitative estimate of drug-likeness (QED) is 0.725. The average molecular weight is 241 g/mol. The number of aromatic amines is 1. The molecule has 0 aliphatic carbocycles. The lowest BCUT2D eigenvalue weighted by Crippen LogP contribution is -2.02. The van der Waals surface area contributed by atoms with E-state index in [1.54, 1.807) is 6.20 Å². The molecule has 1 aromatic carbocycles. The maximum absolute atomic E-state index is 5.78. The Morgan fingerprint density at radius 2 is 2.00 bits per heavy atom. The van der Waals surface area contributed by atoms with Crippen LogP contribution in [0.15, 0.2) is 36.5 Å². The minimum Gasteiger partial charge on any atom is -0.458 e. The van der Waals surface area contributed by atoms with E-state index < -0.39 is 0 Å². The van der Waals surface area contributed by atoms with Crippen molar-refractivity contribution in [2.45, 2.75) is 6.61 Å². The predicted octanol–water partition coefficient (Wildman–Crippen LogP) is 1.51. The number of aromatic nitrogens is 4. The summed E-state index contributed by atoms with van der Waals surface area (Å²) in [5, 5.41) is 7.29. The molecular formula is C12H11N5O. The second-order valence-electron chi connectivity index (χ2n) is 3.80. The third-order valence-corrected chi connectivity index (χ3v) is 2.53. The lowest BCUT2D eigenvalue weighted by atomic mass is 10.2. The van der Waals surface area contributed by atoms with E-state index in [1.165, 1.54) is 0 Å². The van der Waals surface area contributed by atoms with Crippen LogP contribution in [0, 0.1) is 0 Å². The molecule has 0 atom stereocenters. The van der Waals surface area contributed by atoms with Gasteiger partial charge in [0, 0.05) is 0 Å². The highest BCUT2D eigenvalue weighted by Crippen LogP contribution is 2.18. The average Bonchev–Trinajstić information content (AvgIpc) is 2.86. The Hall–Kier alpha value is -2.63. The van der Waals surface area contributed by atoms with Crippen LogP contribution in [-0.4, -0.2) is 20.2 Å². The first-order valence-corrected chi connectivity index (χ1v) is 5.46. The van der Waals surface area contributed by atoms with E-state index in [-0.39, 0.29) is 6.01 Å². The van der Waals surface area contributed by atoms with E-state index in [0.29, 0.717) is 23.5 Å². The zero-order chi connectivity index (χ0) is 12.4. The molecule has 0 aliphatic heterocycles. The molecule has 0 saturated carbocycles. The number of benzene rings is 1. The van der Waals surface area contributed by atoms with E-state index in [2.05, 4.69) is 20.2 Å². The van der Waals surface area contributed by atoms with Crippen LogP contribution in [0.5, 0.6) is 6.01 Å². The Morgan fingerprint density at radius 3 is 2.83 bits per heavy atom. The van der Waals surface area contributed by atoms with Crippen molar-refractivity contribution in [2.75, 3.05) is 5.73 Å². The highest BCUT2D eigenvalue weighted by Gasteiger charge is 2.07. The van der Waals surface area contributed by atoms with Crippen molar-refractivity contribution < 1.29 is 4.74 Å². The Balaban J connectivity index is 1.82. The number of nitrogens with one attached hydrogen (secondary N) is 1. The fourth-order valence-electron chi connectivity index (χ4n) is 1.62. The minimum absolute atomic E-state index is 0.244. The summed E-state index contributed by atoms with van der Waals surface area (Å²) in [4.78, 5) is 8.25. The third kappa shape index (κ3) is 1.95. The van der Waals surface area contributed by atoms with Crippen LogP contribution >= 0.6 is 0 Å². The molecule has 6 nitrogen and oxygen atoms in total. The molecule has 0 aliphatic rings. The number of rotatable bonds is 3. The maximum Gasteiger partial charge on any atom is 0.320 e. The molecule has 90 valence electrons. The molecule has 6 heteroatoms. The summed E-state index contributed by atoms with van der Waals surface area (Å²) in [6.45, 7) is 0.403. The molecule has 3 rings (SSSR count). The summed E-state index contributed by atoms with van der Waals surface area (Å²) >= 11 is 0. The standard InChI is InChI=1S/C12H11N5O/c13-10-9-6-14-17-11(9)16-12(15-10)18-7-8-4-2-1-3-5-8/h1-6H,7H2,(H3,13,14,15,16,17). The highest BCUT2D eigenvalue weighted by molar-refractivity contribution is 5.84. The van der Waals surface area contributed by atoms with Crippen molar-refractivity contribution in [3.05, 3.63) is 42.1 Å². The highest BCUT2D eigenvalue weighted by atomic mass is 16.5. The normalized spacial score (nSPS) is 10.7. The van der Waals surface area contributed by atoms with Crippen molar-refractivity contribution in [3.63, 3.8) is 0 Å². The van der Waals surface area contributed by atoms with Gasteiger partial charge < -0.3 is 10.5 Å². The first-order chi connectivity index (χ1) is 8.83. The largest absolute Gasteiger partial charge is 0.458 e. The van der Waals surface area contributed by atoms with Crippen LogP contribution < -0.4 is 10.5 Å². The van der Waals surface area contributed by atoms with Gasteiger partial charge in [0.2, 0.25) is 0 Å². The fraction of sp³-hybridized carbons (Fsp3) is 0.0833. The van der Waals surface area contributed by atoms with Crippen molar-refractivity contribution in [2.24, 2.45) is 0 Å². The third-order valence-electron chi connectivity index (χ3n) is 2.53. The van der Waals surface area contributed by atoms with Gasteiger partial charge in [0.05, 0.1) is 11.6 Å². The number of nitrogens with two attached hydrogens (primary N) is 1. The van der Waals surface area contributed by atoms with Crippen molar-refractivity contribution in [1.29, 1.82) is 0 Å². The molecule has 3 N–H and O–H groups in total. The Labute approximate surface area is 103 Å². The zero-order valence-corrected chi connectivity index (χ0v) is 9.50. The van der Waals surface area contributed by atoms with E-state index in [1.807, 2.05) is 30.3 Å². The summed E-state index contributed by atoms with van der Waals surface area (Å²) in [5.41, 5.74) is 7.40. The Kier molecular flexibility index (Phi) is 2.53. The van der Waals surface area contributed by atoms with Gasteiger partial charge in [0.1, 0.15) is 12.4 Å². The number of nitrogens with zero attached hydrogens (tertiary/aromatic N) is 3. The van der Waals surface area contributed by atoms with Gasteiger partial charge in [-0.25, -0.2) is 0 Å². The topological polar surface area (TPSA) is 89.7 Å². The van der Waals surface area contributed by atoms with Gasteiger partial charge in [0.15, 0.2) is 5.65 Å². The van der Waals surface area contributed by atoms with Crippen molar-refractivity contribution >= 4 is 16.9 Å². The monoisotopic (exact) mass is 241 g/mol. The van der Waals surface area contributed by atoms with E-state index in [9.17, 15) is 0 Å². The summed E-state index contributed by atoms with van der Waals surface area (Å²) < 4.78 is 5.50. The molecule has 0 radical (unpaired) electrons. The van der Waals surface area contributed by atoms with Gasteiger partial charge in [0.25, 0.3) is 0 Å². The minimum atomic E-state index is 0.244. The summed E-state index contributed by atoms with van der Waals surface area (Å²) in [6.07, 6.45) is 1.59. The Bertz CT molecular complexity index is 665. The van der Waals surface area contributed by atoms with E-state index in [0.717, 1.165) is 5.56 Å². The Morgan fingerprint density at radius 1 is 1.17 bits per heavy atom. The second-order valence-corrected chi connectivity index (χ2v) is 3.80. The number of nitrogen functional groups attached to an aromatic ring is 1. The van der Waals surface area contributed by atoms with Gasteiger partial charge >= 0.3 is 6.01 Å². The maximum atomic E-state index is 5.78. The number of fused-ring (bicyclic) bond motifs is 1. The smallest absolute Gasteiger partial charge is 0.320 e. The number of hydrogen-bond acceptors (Lipinski definition) is 5. The molecule has 2 heterocycles. The molecule has 18 heavy (non-hydrogen) atoms. The number of anilines is 1. The lowest BCUT2D eigenvalue weighted by Gasteiger charge is -2.05.